The summed E-state index contributed by atoms with van der Waals surface area (Å²) in [4.78, 5) is 0. The van der Waals surface area contributed by atoms with E-state index in [2.05, 4.69) is 65.3 Å². The molecule has 0 aromatic heterocycles. The van der Waals surface area contributed by atoms with Crippen LogP contribution in [0.15, 0.2) is 30.3 Å². The molecule has 0 saturated carbocycles. The summed E-state index contributed by atoms with van der Waals surface area (Å²) in [5.41, 5.74) is 1.41. The van der Waals surface area contributed by atoms with Crippen LogP contribution >= 0.6 is 0 Å². The number of benzene rings is 1. The number of quaternary nitrogens is 2. The zero-order valence-corrected chi connectivity index (χ0v) is 17.2. The van der Waals surface area contributed by atoms with Gasteiger partial charge in [-0.05, 0) is 38.7 Å². The first-order valence-corrected chi connectivity index (χ1v) is 10.2. The SMILES string of the molecule is CC[N+](C)(CC)CCOC(Cc1ccccc1)C1CCC[N+](C)(C)C1. The third-order valence-electron chi connectivity index (χ3n) is 6.36. The van der Waals surface area contributed by atoms with Crippen LogP contribution in [0.2, 0.25) is 0 Å². The standard InChI is InChI=1S/C22H40N2O/c1-6-24(5,7-2)16-17-25-22(18-20-12-9-8-10-13-20)21-14-11-15-23(3,4)19-21/h8-10,12-13,21-22H,6-7,11,14-19H2,1-5H3/q+2. The first-order valence-electron chi connectivity index (χ1n) is 10.2. The number of likely N-dealkylation sites (tertiary alicyclic amines) is 1. The van der Waals surface area contributed by atoms with E-state index in [0.29, 0.717) is 12.0 Å². The van der Waals surface area contributed by atoms with Gasteiger partial charge in [0.15, 0.2) is 0 Å². The fraction of sp³-hybridized carbons (Fsp3) is 0.727. The van der Waals surface area contributed by atoms with Gasteiger partial charge in [-0.3, -0.25) is 0 Å². The molecule has 142 valence electrons. The van der Waals surface area contributed by atoms with Gasteiger partial charge in [-0.2, -0.15) is 0 Å². The lowest BCUT2D eigenvalue weighted by Crippen LogP contribution is -2.51. The molecule has 1 aromatic carbocycles. The molecule has 25 heavy (non-hydrogen) atoms. The van der Waals surface area contributed by atoms with Gasteiger partial charge in [0.25, 0.3) is 0 Å². The molecule has 1 aromatic rings. The van der Waals surface area contributed by atoms with Crippen LogP contribution in [0.25, 0.3) is 0 Å². The van der Waals surface area contributed by atoms with E-state index >= 15 is 0 Å². The Hall–Kier alpha value is -0.900. The van der Waals surface area contributed by atoms with Gasteiger partial charge in [0.05, 0.1) is 60.0 Å². The summed E-state index contributed by atoms with van der Waals surface area (Å²) >= 11 is 0. The number of rotatable bonds is 9. The largest absolute Gasteiger partial charge is 0.372 e. The van der Waals surface area contributed by atoms with Crippen molar-refractivity contribution in [3.63, 3.8) is 0 Å². The van der Waals surface area contributed by atoms with E-state index in [1.807, 2.05) is 0 Å². The van der Waals surface area contributed by atoms with E-state index in [9.17, 15) is 0 Å². The molecule has 2 rings (SSSR count). The molecule has 0 spiro atoms. The minimum Gasteiger partial charge on any atom is -0.372 e. The van der Waals surface area contributed by atoms with Gasteiger partial charge in [-0.25, -0.2) is 0 Å². The fourth-order valence-electron chi connectivity index (χ4n) is 4.07. The van der Waals surface area contributed by atoms with Gasteiger partial charge in [0.1, 0.15) is 6.54 Å². The van der Waals surface area contributed by atoms with Crippen LogP contribution in [-0.2, 0) is 11.2 Å². The van der Waals surface area contributed by atoms with Crippen molar-refractivity contribution in [1.29, 1.82) is 0 Å². The predicted octanol–water partition coefficient (Wildman–Crippen LogP) is 3.59. The Labute approximate surface area is 155 Å². The van der Waals surface area contributed by atoms with Crippen LogP contribution in [0.4, 0.5) is 0 Å². The zero-order valence-electron chi connectivity index (χ0n) is 17.2. The first-order chi connectivity index (χ1) is 11.9. The average molecular weight is 349 g/mol. The Balaban J connectivity index is 2.01. The summed E-state index contributed by atoms with van der Waals surface area (Å²) in [6.45, 7) is 11.5. The second-order valence-electron chi connectivity index (χ2n) is 8.82. The van der Waals surface area contributed by atoms with Crippen molar-refractivity contribution in [2.45, 2.75) is 39.2 Å². The molecular weight excluding hydrogens is 308 g/mol. The van der Waals surface area contributed by atoms with Crippen molar-refractivity contribution in [1.82, 2.24) is 0 Å². The van der Waals surface area contributed by atoms with Crippen LogP contribution in [0.3, 0.4) is 0 Å². The number of nitrogens with zero attached hydrogens (tertiary/aromatic N) is 2. The van der Waals surface area contributed by atoms with Gasteiger partial charge in [0.2, 0.25) is 0 Å². The molecule has 1 aliphatic heterocycles. The topological polar surface area (TPSA) is 9.23 Å². The summed E-state index contributed by atoms with van der Waals surface area (Å²) in [7, 11) is 7.08. The molecule has 1 aliphatic rings. The van der Waals surface area contributed by atoms with Crippen molar-refractivity contribution in [2.24, 2.45) is 5.92 Å². The highest BCUT2D eigenvalue weighted by Gasteiger charge is 2.34. The molecule has 2 atom stereocenters. The van der Waals surface area contributed by atoms with Crippen LogP contribution in [0.5, 0.6) is 0 Å². The monoisotopic (exact) mass is 348 g/mol. The lowest BCUT2D eigenvalue weighted by molar-refractivity contribution is -0.906. The second kappa shape index (κ2) is 9.16. The van der Waals surface area contributed by atoms with Crippen LogP contribution in [0.1, 0.15) is 32.3 Å². The minimum absolute atomic E-state index is 0.349. The van der Waals surface area contributed by atoms with Gasteiger partial charge < -0.3 is 13.7 Å². The molecule has 0 bridgehead atoms. The second-order valence-corrected chi connectivity index (χ2v) is 8.82. The molecule has 1 heterocycles. The predicted molar refractivity (Wildman–Crippen MR) is 107 cm³/mol. The number of hydrogen-bond donors (Lipinski definition) is 0. The van der Waals surface area contributed by atoms with Crippen molar-refractivity contribution in [3.8, 4) is 0 Å². The summed E-state index contributed by atoms with van der Waals surface area (Å²) < 4.78 is 8.79. The molecule has 2 unspecified atom stereocenters. The summed E-state index contributed by atoms with van der Waals surface area (Å²) in [6, 6.07) is 10.9. The van der Waals surface area contributed by atoms with Crippen molar-refractivity contribution < 1.29 is 13.7 Å². The third kappa shape index (κ3) is 6.40. The maximum atomic E-state index is 6.55. The summed E-state index contributed by atoms with van der Waals surface area (Å²) in [6.07, 6.45) is 4.03. The molecule has 0 radical (unpaired) electrons. The molecule has 1 saturated heterocycles. The Kier molecular flexibility index (Phi) is 7.48. The van der Waals surface area contributed by atoms with Gasteiger partial charge >= 0.3 is 0 Å². The number of likely N-dealkylation sites (N-methyl/N-ethyl adjacent to an activating group) is 1. The van der Waals surface area contributed by atoms with E-state index in [1.54, 1.807) is 0 Å². The van der Waals surface area contributed by atoms with Crippen molar-refractivity contribution >= 4 is 0 Å². The average Bonchev–Trinajstić information content (AvgIpc) is 2.60. The van der Waals surface area contributed by atoms with Gasteiger partial charge in [-0.15, -0.1) is 0 Å². The Bertz CT molecular complexity index is 496. The van der Waals surface area contributed by atoms with Crippen LogP contribution < -0.4 is 0 Å². The molecule has 3 heteroatoms. The van der Waals surface area contributed by atoms with Gasteiger partial charge in [-0.1, -0.05) is 30.3 Å². The normalized spacial score (nSPS) is 21.9. The molecule has 0 aliphatic carbocycles. The Morgan fingerprint density at radius 3 is 2.44 bits per heavy atom. The first kappa shape index (κ1) is 20.4. The molecule has 3 nitrogen and oxygen atoms in total. The Morgan fingerprint density at radius 2 is 1.84 bits per heavy atom. The van der Waals surface area contributed by atoms with Crippen LogP contribution in [0, 0.1) is 5.92 Å². The Morgan fingerprint density at radius 1 is 1.16 bits per heavy atom. The maximum Gasteiger partial charge on any atom is 0.102 e. The quantitative estimate of drug-likeness (QED) is 0.620. The number of piperidine rings is 1. The van der Waals surface area contributed by atoms with Gasteiger partial charge in [0, 0.05) is 5.92 Å². The van der Waals surface area contributed by atoms with E-state index in [1.165, 1.54) is 44.6 Å². The van der Waals surface area contributed by atoms with Crippen molar-refractivity contribution in [3.05, 3.63) is 35.9 Å². The highest BCUT2D eigenvalue weighted by Crippen LogP contribution is 2.26. The summed E-state index contributed by atoms with van der Waals surface area (Å²) in [5, 5.41) is 0. The lowest BCUT2D eigenvalue weighted by atomic mass is 9.88. The van der Waals surface area contributed by atoms with E-state index in [0.717, 1.165) is 28.5 Å². The molecule has 0 N–H and O–H groups in total. The van der Waals surface area contributed by atoms with E-state index < -0.39 is 0 Å². The third-order valence-corrected chi connectivity index (χ3v) is 6.36. The number of hydrogen-bond acceptors (Lipinski definition) is 1. The molecular formula is C22H40N2O+2. The molecule has 0 amide bonds. The van der Waals surface area contributed by atoms with Crippen molar-refractivity contribution in [2.75, 3.05) is 60.5 Å². The van der Waals surface area contributed by atoms with E-state index in [4.69, 9.17) is 4.74 Å². The lowest BCUT2D eigenvalue weighted by Gasteiger charge is -2.41. The number of ether oxygens (including phenoxy) is 1. The highest BCUT2D eigenvalue weighted by molar-refractivity contribution is 5.15. The fourth-order valence-corrected chi connectivity index (χ4v) is 4.07. The summed E-state index contributed by atoms with van der Waals surface area (Å²) in [5.74, 6) is 0.672. The minimum atomic E-state index is 0.349. The zero-order chi connectivity index (χ0) is 18.3. The van der Waals surface area contributed by atoms with E-state index in [-0.39, 0.29) is 0 Å². The highest BCUT2D eigenvalue weighted by atomic mass is 16.5. The van der Waals surface area contributed by atoms with Crippen LogP contribution in [-0.4, -0.2) is 75.5 Å². The maximum absolute atomic E-state index is 6.55. The smallest absolute Gasteiger partial charge is 0.102 e. The molecule has 1 fully saturated rings.